The largest absolute Gasteiger partial charge is 0.293 e. The molecule has 1 aliphatic heterocycles. The molecule has 0 saturated carbocycles. The zero-order valence-corrected chi connectivity index (χ0v) is 8.58. The number of hydrogen-bond donors (Lipinski definition) is 0. The van der Waals surface area contributed by atoms with E-state index >= 15 is 0 Å². The van der Waals surface area contributed by atoms with Crippen molar-refractivity contribution >= 4 is 34.1 Å². The lowest BCUT2D eigenvalue weighted by atomic mass is 10.4. The summed E-state index contributed by atoms with van der Waals surface area (Å²) in [5.41, 5.74) is 0.266. The zero-order chi connectivity index (χ0) is 11.0. The first kappa shape index (κ1) is 9.72. The maximum Gasteiger partial charge on any atom is 0.260 e. The Labute approximate surface area is 89.0 Å². The Bertz CT molecular complexity index is 471. The van der Waals surface area contributed by atoms with Crippen molar-refractivity contribution in [1.29, 1.82) is 0 Å². The van der Waals surface area contributed by atoms with E-state index in [-0.39, 0.29) is 16.6 Å². The van der Waals surface area contributed by atoms with Gasteiger partial charge in [0.1, 0.15) is 5.69 Å². The topological polar surface area (TPSA) is 67.3 Å². The summed E-state index contributed by atoms with van der Waals surface area (Å²) in [6.07, 6.45) is 2.36. The number of rotatable bonds is 2. The van der Waals surface area contributed by atoms with Gasteiger partial charge < -0.3 is 0 Å². The molecule has 0 atom stereocenters. The lowest BCUT2D eigenvalue weighted by Crippen LogP contribution is -2.29. The lowest BCUT2D eigenvalue weighted by Gasteiger charge is -2.07. The number of amides is 2. The molecule has 5 nitrogen and oxygen atoms in total. The number of thiazole rings is 1. The summed E-state index contributed by atoms with van der Waals surface area (Å²) < 4.78 is 0. The molecule has 0 N–H and O–H groups in total. The summed E-state index contributed by atoms with van der Waals surface area (Å²) in [7, 11) is 0. The van der Waals surface area contributed by atoms with Gasteiger partial charge in [-0.3, -0.25) is 14.4 Å². The average molecular weight is 222 g/mol. The first-order chi connectivity index (χ1) is 7.09. The van der Waals surface area contributed by atoms with Gasteiger partial charge in [0.05, 0.1) is 0 Å². The van der Waals surface area contributed by atoms with E-state index < -0.39 is 11.8 Å². The van der Waals surface area contributed by atoms with Gasteiger partial charge in [0.2, 0.25) is 0 Å². The molecule has 0 bridgehead atoms. The van der Waals surface area contributed by atoms with Gasteiger partial charge in [0, 0.05) is 24.5 Å². The van der Waals surface area contributed by atoms with E-state index in [1.807, 2.05) is 0 Å². The summed E-state index contributed by atoms with van der Waals surface area (Å²) in [4.78, 5) is 38.4. The molecule has 0 saturated heterocycles. The van der Waals surface area contributed by atoms with Crippen molar-refractivity contribution in [1.82, 2.24) is 4.98 Å². The maximum absolute atomic E-state index is 11.3. The number of anilines is 1. The van der Waals surface area contributed by atoms with E-state index in [0.717, 1.165) is 16.2 Å². The van der Waals surface area contributed by atoms with Crippen LogP contribution in [0.3, 0.4) is 0 Å². The fourth-order valence-corrected chi connectivity index (χ4v) is 1.99. The predicted molar refractivity (Wildman–Crippen MR) is 53.8 cm³/mol. The molecular weight excluding hydrogens is 216 g/mol. The van der Waals surface area contributed by atoms with E-state index in [1.54, 1.807) is 0 Å². The molecule has 15 heavy (non-hydrogen) atoms. The Balaban J connectivity index is 2.34. The molecule has 0 fully saturated rings. The Morgan fingerprint density at radius 1 is 1.33 bits per heavy atom. The first-order valence-electron chi connectivity index (χ1n) is 4.12. The molecule has 2 heterocycles. The van der Waals surface area contributed by atoms with Gasteiger partial charge in [-0.2, -0.15) is 0 Å². The fraction of sp³-hybridized carbons (Fsp3) is 0.111. The van der Waals surface area contributed by atoms with Crippen molar-refractivity contribution in [2.45, 2.75) is 6.92 Å². The Morgan fingerprint density at radius 2 is 1.93 bits per heavy atom. The zero-order valence-electron chi connectivity index (χ0n) is 7.76. The second-order valence-electron chi connectivity index (χ2n) is 2.92. The van der Waals surface area contributed by atoms with Crippen LogP contribution in [0.4, 0.5) is 5.13 Å². The minimum atomic E-state index is -0.426. The van der Waals surface area contributed by atoms with Gasteiger partial charge in [-0.1, -0.05) is 0 Å². The molecule has 0 unspecified atom stereocenters. The smallest absolute Gasteiger partial charge is 0.260 e. The number of ketones is 1. The lowest BCUT2D eigenvalue weighted by molar-refractivity contribution is -0.119. The second kappa shape index (κ2) is 3.39. The van der Waals surface area contributed by atoms with Crippen LogP contribution in [0.1, 0.15) is 17.4 Å². The fourth-order valence-electron chi connectivity index (χ4n) is 1.12. The SMILES string of the molecule is CC(=O)c1csc(N2C(=O)C=CC2=O)n1. The van der Waals surface area contributed by atoms with Crippen molar-refractivity contribution < 1.29 is 14.4 Å². The van der Waals surface area contributed by atoms with E-state index in [9.17, 15) is 14.4 Å². The van der Waals surface area contributed by atoms with Gasteiger partial charge in [-0.15, -0.1) is 11.3 Å². The molecule has 1 aromatic heterocycles. The van der Waals surface area contributed by atoms with Crippen molar-refractivity contribution in [3.05, 3.63) is 23.2 Å². The van der Waals surface area contributed by atoms with Gasteiger partial charge in [0.15, 0.2) is 10.9 Å². The van der Waals surface area contributed by atoms with Crippen LogP contribution in [0.25, 0.3) is 0 Å². The molecule has 0 radical (unpaired) electrons. The highest BCUT2D eigenvalue weighted by molar-refractivity contribution is 7.14. The number of carbonyl (C=O) groups is 3. The summed E-state index contributed by atoms with van der Waals surface area (Å²) in [6.45, 7) is 1.38. The van der Waals surface area contributed by atoms with Crippen LogP contribution in [-0.2, 0) is 9.59 Å². The van der Waals surface area contributed by atoms with Gasteiger partial charge in [-0.05, 0) is 0 Å². The number of carbonyl (C=O) groups excluding carboxylic acids is 3. The minimum Gasteiger partial charge on any atom is -0.293 e. The molecule has 76 valence electrons. The highest BCUT2D eigenvalue weighted by Gasteiger charge is 2.27. The van der Waals surface area contributed by atoms with E-state index in [4.69, 9.17) is 0 Å². The summed E-state index contributed by atoms with van der Waals surface area (Å²) >= 11 is 1.09. The highest BCUT2D eigenvalue weighted by Crippen LogP contribution is 2.23. The van der Waals surface area contributed by atoms with Crippen LogP contribution in [0.15, 0.2) is 17.5 Å². The molecule has 1 aromatic rings. The summed E-state index contributed by atoms with van der Waals surface area (Å²) in [5.74, 6) is -1.04. The van der Waals surface area contributed by atoms with Crippen LogP contribution < -0.4 is 4.90 Å². The van der Waals surface area contributed by atoms with Crippen molar-refractivity contribution in [2.75, 3.05) is 4.90 Å². The normalized spacial score (nSPS) is 15.1. The number of nitrogens with zero attached hydrogens (tertiary/aromatic N) is 2. The molecule has 2 rings (SSSR count). The Hall–Kier alpha value is -1.82. The molecule has 0 aromatic carbocycles. The van der Waals surface area contributed by atoms with Crippen LogP contribution in [-0.4, -0.2) is 22.6 Å². The third-order valence-electron chi connectivity index (χ3n) is 1.85. The number of imide groups is 1. The Morgan fingerprint density at radius 3 is 2.40 bits per heavy atom. The molecular formula is C9H6N2O3S. The van der Waals surface area contributed by atoms with Crippen LogP contribution in [0.2, 0.25) is 0 Å². The maximum atomic E-state index is 11.3. The first-order valence-corrected chi connectivity index (χ1v) is 5.00. The van der Waals surface area contributed by atoms with Crippen LogP contribution >= 0.6 is 11.3 Å². The van der Waals surface area contributed by atoms with E-state index in [1.165, 1.54) is 24.5 Å². The van der Waals surface area contributed by atoms with Gasteiger partial charge >= 0.3 is 0 Å². The molecule has 1 aliphatic rings. The third kappa shape index (κ3) is 1.59. The third-order valence-corrected chi connectivity index (χ3v) is 2.68. The standard InChI is InChI=1S/C9H6N2O3S/c1-5(12)6-4-15-9(10-6)11-7(13)2-3-8(11)14/h2-4H,1H3. The Kier molecular flexibility index (Phi) is 2.20. The van der Waals surface area contributed by atoms with Crippen molar-refractivity contribution in [3.8, 4) is 0 Å². The number of hydrogen-bond acceptors (Lipinski definition) is 5. The molecule has 0 aliphatic carbocycles. The van der Waals surface area contributed by atoms with Gasteiger partial charge in [-0.25, -0.2) is 9.88 Å². The van der Waals surface area contributed by atoms with Crippen LogP contribution in [0.5, 0.6) is 0 Å². The number of aromatic nitrogens is 1. The van der Waals surface area contributed by atoms with E-state index in [2.05, 4.69) is 4.98 Å². The van der Waals surface area contributed by atoms with Crippen molar-refractivity contribution in [3.63, 3.8) is 0 Å². The van der Waals surface area contributed by atoms with Gasteiger partial charge in [0.25, 0.3) is 11.8 Å². The van der Waals surface area contributed by atoms with Crippen LogP contribution in [0, 0.1) is 0 Å². The monoisotopic (exact) mass is 222 g/mol. The summed E-state index contributed by atoms with van der Waals surface area (Å²) in [5, 5.41) is 1.76. The number of Topliss-reactive ketones (excluding diaryl/α,β-unsaturated/α-hetero) is 1. The predicted octanol–water partition coefficient (Wildman–Crippen LogP) is 0.775. The second-order valence-corrected chi connectivity index (χ2v) is 3.75. The molecule has 0 spiro atoms. The average Bonchev–Trinajstić information content (AvgIpc) is 2.73. The highest BCUT2D eigenvalue weighted by atomic mass is 32.1. The molecule has 6 heteroatoms. The minimum absolute atomic E-state index is 0.190. The summed E-state index contributed by atoms with van der Waals surface area (Å²) in [6, 6.07) is 0. The van der Waals surface area contributed by atoms with Crippen molar-refractivity contribution in [2.24, 2.45) is 0 Å². The van der Waals surface area contributed by atoms with E-state index in [0.29, 0.717) is 0 Å². The quantitative estimate of drug-likeness (QED) is 0.547. The molecule has 2 amide bonds.